The summed E-state index contributed by atoms with van der Waals surface area (Å²) in [4.78, 5) is 11.2. The van der Waals surface area contributed by atoms with E-state index in [2.05, 4.69) is 19.8 Å². The van der Waals surface area contributed by atoms with Crippen molar-refractivity contribution >= 4 is 5.97 Å². The number of esters is 1. The van der Waals surface area contributed by atoms with Gasteiger partial charge < -0.3 is 9.47 Å². The van der Waals surface area contributed by atoms with E-state index in [0.717, 1.165) is 4.68 Å². The first kappa shape index (κ1) is 17.6. The van der Waals surface area contributed by atoms with Crippen molar-refractivity contribution in [3.05, 3.63) is 41.0 Å². The van der Waals surface area contributed by atoms with Crippen LogP contribution in [0.3, 0.4) is 0 Å². The largest absolute Gasteiger partial charge is 0.481 e. The Bertz CT molecular complexity index is 737. The second-order valence-electron chi connectivity index (χ2n) is 4.40. The molecule has 0 aliphatic heterocycles. The Labute approximate surface area is 131 Å². The molecule has 11 heteroatoms. The predicted octanol–water partition coefficient (Wildman–Crippen LogP) is 2.12. The number of aromatic nitrogens is 3. The summed E-state index contributed by atoms with van der Waals surface area (Å²) < 4.78 is 76.1. The maximum Gasteiger partial charge on any atom is 0.327 e. The van der Waals surface area contributed by atoms with E-state index in [0.29, 0.717) is 0 Å². The zero-order valence-electron chi connectivity index (χ0n) is 12.2. The highest BCUT2D eigenvalue weighted by Crippen LogP contribution is 2.29. The van der Waals surface area contributed by atoms with Gasteiger partial charge in [-0.05, 0) is 6.92 Å². The molecule has 0 atom stereocenters. The van der Waals surface area contributed by atoms with Crippen LogP contribution in [-0.4, -0.2) is 27.6 Å². The minimum Gasteiger partial charge on any atom is -0.481 e. The van der Waals surface area contributed by atoms with E-state index < -0.39 is 47.4 Å². The van der Waals surface area contributed by atoms with Crippen LogP contribution in [0.2, 0.25) is 0 Å². The van der Waals surface area contributed by atoms with Gasteiger partial charge in [-0.15, -0.1) is 5.10 Å². The van der Waals surface area contributed by atoms with Crippen LogP contribution < -0.4 is 4.74 Å². The molecule has 24 heavy (non-hydrogen) atoms. The predicted molar refractivity (Wildman–Crippen MR) is 67.2 cm³/mol. The van der Waals surface area contributed by atoms with Crippen molar-refractivity contribution in [2.24, 2.45) is 0 Å². The molecule has 1 aromatic heterocycles. The molecular formula is C13H10F5N3O3. The summed E-state index contributed by atoms with van der Waals surface area (Å²) >= 11 is 0. The molecule has 0 aliphatic rings. The van der Waals surface area contributed by atoms with Gasteiger partial charge in [-0.3, -0.25) is 4.79 Å². The summed E-state index contributed by atoms with van der Waals surface area (Å²) in [5, 5.41) is 7.07. The molecule has 0 saturated heterocycles. The molecule has 0 bridgehead atoms. The maximum absolute atomic E-state index is 13.4. The molecule has 0 saturated carbocycles. The molecule has 0 amide bonds. The Balaban J connectivity index is 2.10. The van der Waals surface area contributed by atoms with E-state index >= 15 is 0 Å². The third kappa shape index (κ3) is 3.60. The van der Waals surface area contributed by atoms with Crippen LogP contribution in [-0.2, 0) is 22.7 Å². The number of rotatable bonds is 6. The number of halogens is 5. The van der Waals surface area contributed by atoms with Gasteiger partial charge in [0.05, 0.1) is 12.8 Å². The molecule has 0 radical (unpaired) electrons. The summed E-state index contributed by atoms with van der Waals surface area (Å²) in [5.41, 5.74) is 0.00300. The van der Waals surface area contributed by atoms with Gasteiger partial charge in [0.2, 0.25) is 29.1 Å². The lowest BCUT2D eigenvalue weighted by Gasteiger charge is -2.08. The summed E-state index contributed by atoms with van der Waals surface area (Å²) in [7, 11) is 0. The molecule has 2 rings (SSSR count). The van der Waals surface area contributed by atoms with E-state index in [4.69, 9.17) is 0 Å². The number of carbonyl (C=O) groups excluding carboxylic acids is 1. The molecule has 0 aliphatic carbocycles. The van der Waals surface area contributed by atoms with Crippen molar-refractivity contribution in [1.82, 2.24) is 15.0 Å². The zero-order chi connectivity index (χ0) is 17.9. The summed E-state index contributed by atoms with van der Waals surface area (Å²) in [5.74, 6) is -12.7. The van der Waals surface area contributed by atoms with Crippen LogP contribution >= 0.6 is 0 Å². The van der Waals surface area contributed by atoms with Crippen LogP contribution in [0, 0.1) is 29.1 Å². The quantitative estimate of drug-likeness (QED) is 0.345. The fourth-order valence-corrected chi connectivity index (χ4v) is 1.68. The fraction of sp³-hybridized carbons (Fsp3) is 0.308. The van der Waals surface area contributed by atoms with Crippen molar-refractivity contribution in [2.75, 3.05) is 6.61 Å². The highest BCUT2D eigenvalue weighted by Gasteiger charge is 2.27. The molecule has 130 valence electrons. The van der Waals surface area contributed by atoms with Crippen LogP contribution in [0.25, 0.3) is 0 Å². The third-order valence-corrected chi connectivity index (χ3v) is 2.72. The lowest BCUT2D eigenvalue weighted by Crippen LogP contribution is -2.13. The second-order valence-corrected chi connectivity index (χ2v) is 4.40. The van der Waals surface area contributed by atoms with Crippen LogP contribution in [0.1, 0.15) is 12.6 Å². The average molecular weight is 351 g/mol. The van der Waals surface area contributed by atoms with Gasteiger partial charge in [0, 0.05) is 0 Å². The summed E-state index contributed by atoms with van der Waals surface area (Å²) in [6.07, 6.45) is 1.20. The molecule has 1 heterocycles. The lowest BCUT2D eigenvalue weighted by molar-refractivity contribution is -0.144. The van der Waals surface area contributed by atoms with Gasteiger partial charge in [0.25, 0.3) is 0 Å². The zero-order valence-corrected chi connectivity index (χ0v) is 12.2. The van der Waals surface area contributed by atoms with Gasteiger partial charge in [0.1, 0.15) is 18.8 Å². The lowest BCUT2D eigenvalue weighted by atomic mass is 10.2. The van der Waals surface area contributed by atoms with Gasteiger partial charge in [-0.1, -0.05) is 5.21 Å². The number of nitrogens with zero attached hydrogens (tertiary/aromatic N) is 3. The first-order valence-corrected chi connectivity index (χ1v) is 6.54. The monoisotopic (exact) mass is 351 g/mol. The Morgan fingerprint density at radius 1 is 1.08 bits per heavy atom. The molecule has 0 unspecified atom stereocenters. The first-order chi connectivity index (χ1) is 11.3. The topological polar surface area (TPSA) is 66.2 Å². The van der Waals surface area contributed by atoms with Crippen LogP contribution in [0.4, 0.5) is 22.0 Å². The molecule has 6 nitrogen and oxygen atoms in total. The van der Waals surface area contributed by atoms with Gasteiger partial charge in [0.15, 0.2) is 5.75 Å². The molecule has 0 spiro atoms. The van der Waals surface area contributed by atoms with Gasteiger partial charge in [-0.2, -0.15) is 8.78 Å². The highest BCUT2D eigenvalue weighted by atomic mass is 19.2. The minimum atomic E-state index is -2.28. The SMILES string of the molecule is CCOC(=O)Cn1cc(COc2c(F)c(F)c(F)c(F)c2F)nn1. The first-order valence-electron chi connectivity index (χ1n) is 6.54. The highest BCUT2D eigenvalue weighted by molar-refractivity contribution is 5.68. The number of hydrogen-bond donors (Lipinski definition) is 0. The Kier molecular flexibility index (Phi) is 5.31. The van der Waals surface area contributed by atoms with Crippen LogP contribution in [0.15, 0.2) is 6.20 Å². The van der Waals surface area contributed by atoms with Gasteiger partial charge >= 0.3 is 5.97 Å². The number of carbonyl (C=O) groups is 1. The molecule has 2 aromatic rings. The van der Waals surface area contributed by atoms with E-state index in [-0.39, 0.29) is 18.8 Å². The Morgan fingerprint density at radius 3 is 2.25 bits per heavy atom. The minimum absolute atomic E-state index is 0.00300. The van der Waals surface area contributed by atoms with E-state index in [9.17, 15) is 26.7 Å². The van der Waals surface area contributed by atoms with E-state index in [1.165, 1.54) is 6.20 Å². The third-order valence-electron chi connectivity index (χ3n) is 2.72. The average Bonchev–Trinajstić information content (AvgIpc) is 2.98. The number of ether oxygens (including phenoxy) is 2. The van der Waals surface area contributed by atoms with Crippen LogP contribution in [0.5, 0.6) is 5.75 Å². The number of benzene rings is 1. The van der Waals surface area contributed by atoms with E-state index in [1.807, 2.05) is 0 Å². The van der Waals surface area contributed by atoms with Crippen molar-refractivity contribution in [3.63, 3.8) is 0 Å². The summed E-state index contributed by atoms with van der Waals surface area (Å²) in [6.45, 7) is 0.900. The molecule has 1 aromatic carbocycles. The Hall–Kier alpha value is -2.72. The number of hydrogen-bond acceptors (Lipinski definition) is 5. The molecule has 0 fully saturated rings. The van der Waals surface area contributed by atoms with Crippen molar-refractivity contribution < 1.29 is 36.2 Å². The van der Waals surface area contributed by atoms with Crippen molar-refractivity contribution in [1.29, 1.82) is 0 Å². The maximum atomic E-state index is 13.4. The smallest absolute Gasteiger partial charge is 0.327 e. The molecule has 0 N–H and O–H groups in total. The second kappa shape index (κ2) is 7.23. The van der Waals surface area contributed by atoms with Crippen molar-refractivity contribution in [2.45, 2.75) is 20.1 Å². The summed E-state index contributed by atoms with van der Waals surface area (Å²) in [6, 6.07) is 0. The standard InChI is InChI=1S/C13H10F5N3O3/c1-2-23-7(22)4-21-3-6(19-20-21)5-24-13-11(17)9(15)8(14)10(16)12(13)18/h3H,2,4-5H2,1H3. The van der Waals surface area contributed by atoms with Crippen molar-refractivity contribution in [3.8, 4) is 5.75 Å². The molecular weight excluding hydrogens is 341 g/mol. The van der Waals surface area contributed by atoms with Gasteiger partial charge in [-0.25, -0.2) is 17.9 Å². The van der Waals surface area contributed by atoms with E-state index in [1.54, 1.807) is 6.92 Å². The normalized spacial score (nSPS) is 10.8. The fourth-order valence-electron chi connectivity index (χ4n) is 1.68. The Morgan fingerprint density at radius 2 is 1.67 bits per heavy atom.